The van der Waals surface area contributed by atoms with Crippen LogP contribution in [0.3, 0.4) is 0 Å². The summed E-state index contributed by atoms with van der Waals surface area (Å²) in [6, 6.07) is 22.3. The number of thioether (sulfide) groups is 1. The fraction of sp³-hybridized carbons (Fsp3) is 0.136. The van der Waals surface area contributed by atoms with Gasteiger partial charge >= 0.3 is 0 Å². The summed E-state index contributed by atoms with van der Waals surface area (Å²) in [7, 11) is 0. The predicted molar refractivity (Wildman–Crippen MR) is 107 cm³/mol. The topological polar surface area (TPSA) is 22.0 Å². The first-order valence-corrected chi connectivity index (χ1v) is 9.65. The van der Waals surface area contributed by atoms with Crippen molar-refractivity contribution in [1.82, 2.24) is 4.57 Å². The third-order valence-electron chi connectivity index (χ3n) is 4.70. The van der Waals surface area contributed by atoms with E-state index in [4.69, 9.17) is 0 Å². The van der Waals surface area contributed by atoms with E-state index < -0.39 is 0 Å². The molecule has 0 atom stereocenters. The zero-order valence-electron chi connectivity index (χ0n) is 14.3. The van der Waals surface area contributed by atoms with Gasteiger partial charge in [0.1, 0.15) is 0 Å². The third-order valence-corrected chi connectivity index (χ3v) is 5.45. The maximum absolute atomic E-state index is 12.9. The summed E-state index contributed by atoms with van der Waals surface area (Å²) < 4.78 is 2.30. The quantitative estimate of drug-likeness (QED) is 0.346. The van der Waals surface area contributed by atoms with Gasteiger partial charge in [0.05, 0.1) is 0 Å². The zero-order chi connectivity index (χ0) is 17.4. The lowest BCUT2D eigenvalue weighted by Crippen LogP contribution is -2.01. The van der Waals surface area contributed by atoms with Crippen LogP contribution in [0.2, 0.25) is 0 Å². The van der Waals surface area contributed by atoms with Gasteiger partial charge in [0.15, 0.2) is 5.78 Å². The molecule has 0 unspecified atom stereocenters. The number of fused-ring (bicyclic) bond motifs is 3. The summed E-state index contributed by atoms with van der Waals surface area (Å²) in [6.07, 6.45) is 2.04. The maximum atomic E-state index is 12.9. The molecule has 0 amide bonds. The molecule has 3 aromatic carbocycles. The highest BCUT2D eigenvalue weighted by Gasteiger charge is 2.14. The molecule has 124 valence electrons. The van der Waals surface area contributed by atoms with E-state index in [0.717, 1.165) is 28.0 Å². The highest BCUT2D eigenvalue weighted by molar-refractivity contribution is 7.98. The first-order valence-electron chi connectivity index (χ1n) is 8.42. The van der Waals surface area contributed by atoms with E-state index in [-0.39, 0.29) is 5.78 Å². The minimum absolute atomic E-state index is 0.0721. The Morgan fingerprint density at radius 3 is 2.28 bits per heavy atom. The van der Waals surface area contributed by atoms with Crippen molar-refractivity contribution in [2.45, 2.75) is 18.4 Å². The van der Waals surface area contributed by atoms with Gasteiger partial charge in [0.2, 0.25) is 0 Å². The molecule has 0 bridgehead atoms. The molecule has 25 heavy (non-hydrogen) atoms. The lowest BCUT2D eigenvalue weighted by atomic mass is 10.0. The van der Waals surface area contributed by atoms with Crippen molar-refractivity contribution in [1.29, 1.82) is 0 Å². The minimum Gasteiger partial charge on any atom is -0.341 e. The zero-order valence-corrected chi connectivity index (χ0v) is 15.1. The molecular weight excluding hydrogens is 326 g/mol. The summed E-state index contributed by atoms with van der Waals surface area (Å²) in [5.41, 5.74) is 3.87. The fourth-order valence-corrected chi connectivity index (χ4v) is 3.85. The Bertz CT molecular complexity index is 1080. The molecule has 1 aromatic heterocycles. The Kier molecular flexibility index (Phi) is 4.10. The van der Waals surface area contributed by atoms with E-state index in [9.17, 15) is 4.79 Å². The van der Waals surface area contributed by atoms with Gasteiger partial charge < -0.3 is 4.57 Å². The van der Waals surface area contributed by atoms with Gasteiger partial charge in [-0.1, -0.05) is 18.2 Å². The fourth-order valence-electron chi connectivity index (χ4n) is 3.44. The van der Waals surface area contributed by atoms with E-state index >= 15 is 0 Å². The Morgan fingerprint density at radius 1 is 0.880 bits per heavy atom. The average molecular weight is 345 g/mol. The van der Waals surface area contributed by atoms with Crippen molar-refractivity contribution in [2.24, 2.45) is 0 Å². The van der Waals surface area contributed by atoms with Gasteiger partial charge in [0, 0.05) is 44.4 Å². The van der Waals surface area contributed by atoms with E-state index in [1.54, 1.807) is 11.8 Å². The number of para-hydroxylation sites is 1. The molecule has 0 aliphatic rings. The lowest BCUT2D eigenvalue weighted by Gasteiger charge is -2.05. The summed E-state index contributed by atoms with van der Waals surface area (Å²) in [5, 5.41) is 2.34. The summed E-state index contributed by atoms with van der Waals surface area (Å²) in [6.45, 7) is 3.06. The average Bonchev–Trinajstić information content (AvgIpc) is 3.00. The molecule has 0 aliphatic heterocycles. The van der Waals surface area contributed by atoms with Crippen molar-refractivity contribution in [3.63, 3.8) is 0 Å². The Hall–Kier alpha value is -2.52. The summed E-state index contributed by atoms with van der Waals surface area (Å²) in [4.78, 5) is 14.1. The molecule has 0 aliphatic carbocycles. The third kappa shape index (κ3) is 2.65. The molecule has 1 heterocycles. The van der Waals surface area contributed by atoms with Crippen molar-refractivity contribution in [3.05, 3.63) is 77.9 Å². The van der Waals surface area contributed by atoms with Crippen LogP contribution >= 0.6 is 11.8 Å². The second-order valence-corrected chi connectivity index (χ2v) is 6.93. The number of aryl methyl sites for hydroxylation is 1. The highest BCUT2D eigenvalue weighted by Crippen LogP contribution is 2.30. The molecule has 0 fully saturated rings. The smallest absolute Gasteiger partial charge is 0.193 e. The number of aromatic nitrogens is 1. The molecular formula is C22H19NOS. The lowest BCUT2D eigenvalue weighted by molar-refractivity contribution is 0.103. The molecule has 2 nitrogen and oxygen atoms in total. The van der Waals surface area contributed by atoms with Crippen LogP contribution in [-0.2, 0) is 6.54 Å². The number of carbonyl (C=O) groups excluding carboxylic acids is 1. The molecule has 4 aromatic rings. The molecule has 4 rings (SSSR count). The van der Waals surface area contributed by atoms with Crippen LogP contribution in [0.1, 0.15) is 22.8 Å². The van der Waals surface area contributed by atoms with Crippen LogP contribution < -0.4 is 0 Å². The molecule has 0 saturated heterocycles. The van der Waals surface area contributed by atoms with Crippen molar-refractivity contribution >= 4 is 39.4 Å². The monoisotopic (exact) mass is 345 g/mol. The van der Waals surface area contributed by atoms with E-state index in [2.05, 4.69) is 41.8 Å². The van der Waals surface area contributed by atoms with Crippen molar-refractivity contribution < 1.29 is 4.79 Å². The number of hydrogen-bond acceptors (Lipinski definition) is 2. The van der Waals surface area contributed by atoms with Crippen molar-refractivity contribution in [2.75, 3.05) is 6.26 Å². The number of hydrogen-bond donors (Lipinski definition) is 0. The molecule has 3 heteroatoms. The first-order chi connectivity index (χ1) is 12.2. The number of ketones is 1. The molecule has 0 N–H and O–H groups in total. The van der Waals surface area contributed by atoms with Gasteiger partial charge in [-0.2, -0.15) is 0 Å². The standard InChI is InChI=1S/C22H19NOS/c1-3-23-20-7-5-4-6-18(20)19-14-16(10-13-21(19)23)22(24)15-8-11-17(25-2)12-9-15/h4-14H,3H2,1-2H3. The molecule has 0 radical (unpaired) electrons. The molecule has 0 spiro atoms. The largest absolute Gasteiger partial charge is 0.341 e. The second-order valence-electron chi connectivity index (χ2n) is 6.05. The van der Waals surface area contributed by atoms with Crippen LogP contribution in [0.4, 0.5) is 0 Å². The Labute approximate surface area is 151 Å². The summed E-state index contributed by atoms with van der Waals surface area (Å²) in [5.74, 6) is 0.0721. The van der Waals surface area contributed by atoms with E-state index in [1.165, 1.54) is 16.4 Å². The van der Waals surface area contributed by atoms with E-state index in [1.807, 2.05) is 42.7 Å². The van der Waals surface area contributed by atoms with Crippen LogP contribution in [0.5, 0.6) is 0 Å². The number of carbonyl (C=O) groups is 1. The normalized spacial score (nSPS) is 11.3. The van der Waals surface area contributed by atoms with E-state index in [0.29, 0.717) is 0 Å². The number of rotatable bonds is 4. The second kappa shape index (κ2) is 6.41. The highest BCUT2D eigenvalue weighted by atomic mass is 32.2. The Morgan fingerprint density at radius 2 is 1.56 bits per heavy atom. The van der Waals surface area contributed by atoms with Crippen molar-refractivity contribution in [3.8, 4) is 0 Å². The molecule has 0 saturated carbocycles. The van der Waals surface area contributed by atoms with Gasteiger partial charge in [0.25, 0.3) is 0 Å². The predicted octanol–water partition coefficient (Wildman–Crippen LogP) is 5.77. The van der Waals surface area contributed by atoms with Gasteiger partial charge in [-0.05, 0) is 61.7 Å². The number of benzene rings is 3. The number of nitrogens with zero attached hydrogens (tertiary/aromatic N) is 1. The van der Waals surface area contributed by atoms with Crippen LogP contribution in [0, 0.1) is 0 Å². The first kappa shape index (κ1) is 16.0. The van der Waals surface area contributed by atoms with Gasteiger partial charge in [-0.25, -0.2) is 0 Å². The van der Waals surface area contributed by atoms with Gasteiger partial charge in [-0.3, -0.25) is 4.79 Å². The minimum atomic E-state index is 0.0721. The van der Waals surface area contributed by atoms with Crippen LogP contribution in [0.15, 0.2) is 71.6 Å². The SMILES string of the molecule is CCn1c2ccccc2c2cc(C(=O)c3ccc(SC)cc3)ccc21. The van der Waals surface area contributed by atoms with Gasteiger partial charge in [-0.15, -0.1) is 11.8 Å². The van der Waals surface area contributed by atoms with Crippen LogP contribution in [-0.4, -0.2) is 16.6 Å². The Balaban J connectivity index is 1.85. The summed E-state index contributed by atoms with van der Waals surface area (Å²) >= 11 is 1.68. The van der Waals surface area contributed by atoms with Crippen LogP contribution in [0.25, 0.3) is 21.8 Å². The maximum Gasteiger partial charge on any atom is 0.193 e.